The zero-order chi connectivity index (χ0) is 10.3. The van der Waals surface area contributed by atoms with Crippen molar-refractivity contribution >= 4 is 23.2 Å². The van der Waals surface area contributed by atoms with Crippen molar-refractivity contribution in [1.82, 2.24) is 5.32 Å². The van der Waals surface area contributed by atoms with Crippen LogP contribution in [-0.4, -0.2) is 28.7 Å². The second-order valence-electron chi connectivity index (χ2n) is 2.88. The third-order valence-electron chi connectivity index (χ3n) is 1.62. The summed E-state index contributed by atoms with van der Waals surface area (Å²) in [6.07, 6.45) is 2.23. The lowest BCUT2D eigenvalue weighted by Gasteiger charge is -2.13. The van der Waals surface area contributed by atoms with Crippen LogP contribution in [0.3, 0.4) is 0 Å². The number of hydrogen-bond donors (Lipinski definition) is 3. The van der Waals surface area contributed by atoms with E-state index >= 15 is 0 Å². The summed E-state index contributed by atoms with van der Waals surface area (Å²) in [6.45, 7) is 2.27. The van der Waals surface area contributed by atoms with E-state index in [4.69, 9.17) is 23.1 Å². The highest BCUT2D eigenvalue weighted by Gasteiger charge is 2.15. The van der Waals surface area contributed by atoms with Gasteiger partial charge in [-0.25, -0.2) is 4.79 Å². The van der Waals surface area contributed by atoms with E-state index in [1.165, 1.54) is 0 Å². The molecule has 4 nitrogen and oxygen atoms in total. The number of hydrogen-bond acceptors (Lipinski definition) is 3. The van der Waals surface area contributed by atoms with E-state index in [0.717, 1.165) is 12.8 Å². The van der Waals surface area contributed by atoms with Crippen molar-refractivity contribution in [3.8, 4) is 0 Å². The molecule has 0 bridgehead atoms. The van der Waals surface area contributed by atoms with E-state index in [0.29, 0.717) is 18.0 Å². The van der Waals surface area contributed by atoms with Crippen molar-refractivity contribution in [3.63, 3.8) is 0 Å². The molecule has 0 aliphatic carbocycles. The molecule has 13 heavy (non-hydrogen) atoms. The summed E-state index contributed by atoms with van der Waals surface area (Å²) < 4.78 is 0. The Kier molecular flexibility index (Phi) is 6.44. The molecule has 0 rings (SSSR count). The summed E-state index contributed by atoms with van der Waals surface area (Å²) in [5.41, 5.74) is 5.30. The van der Waals surface area contributed by atoms with Gasteiger partial charge in [0.15, 0.2) is 0 Å². The topological polar surface area (TPSA) is 75.3 Å². The summed E-state index contributed by atoms with van der Waals surface area (Å²) in [6, 6.07) is -0.566. The number of rotatable bonds is 6. The molecule has 0 aromatic carbocycles. The molecule has 0 aliphatic rings. The molecule has 0 aromatic rings. The molecule has 0 unspecified atom stereocenters. The molecule has 0 saturated heterocycles. The first-order chi connectivity index (χ1) is 6.07. The van der Waals surface area contributed by atoms with Crippen LogP contribution in [0.15, 0.2) is 0 Å². The van der Waals surface area contributed by atoms with Crippen LogP contribution in [0.25, 0.3) is 0 Å². The van der Waals surface area contributed by atoms with Crippen LogP contribution in [0.1, 0.15) is 26.2 Å². The van der Waals surface area contributed by atoms with E-state index < -0.39 is 12.0 Å². The van der Waals surface area contributed by atoms with E-state index in [1.54, 1.807) is 6.92 Å². The second kappa shape index (κ2) is 6.80. The average Bonchev–Trinajstić information content (AvgIpc) is 2.02. The lowest BCUT2D eigenvalue weighted by atomic mass is 10.1. The monoisotopic (exact) mass is 204 g/mol. The first kappa shape index (κ1) is 12.3. The minimum Gasteiger partial charge on any atom is -0.480 e. The molecule has 0 fully saturated rings. The molecule has 0 radical (unpaired) electrons. The number of nitrogens with two attached hydrogens (primary N) is 1. The number of thiocarbonyl (C=S) groups is 1. The van der Waals surface area contributed by atoms with Gasteiger partial charge in [0.25, 0.3) is 0 Å². The maximum atomic E-state index is 10.7. The Labute approximate surface area is 83.5 Å². The van der Waals surface area contributed by atoms with Gasteiger partial charge in [-0.15, -0.1) is 0 Å². The molecular formula is C8H16N2O2S. The van der Waals surface area contributed by atoms with E-state index in [1.807, 2.05) is 0 Å². The molecule has 0 saturated carbocycles. The lowest BCUT2D eigenvalue weighted by Crippen LogP contribution is -2.38. The van der Waals surface area contributed by atoms with Crippen LogP contribution in [-0.2, 0) is 4.79 Å². The first-order valence-electron chi connectivity index (χ1n) is 4.28. The molecular weight excluding hydrogens is 188 g/mol. The summed E-state index contributed by atoms with van der Waals surface area (Å²) in [5, 5.41) is 11.5. The summed E-state index contributed by atoms with van der Waals surface area (Å²) in [4.78, 5) is 11.2. The quantitative estimate of drug-likeness (QED) is 0.434. The SMILES string of the molecule is CC(=S)N[C@@H](CCCCN)C(=O)O. The van der Waals surface area contributed by atoms with Crippen LogP contribution in [0, 0.1) is 0 Å². The van der Waals surface area contributed by atoms with Crippen molar-refractivity contribution in [2.75, 3.05) is 6.54 Å². The maximum Gasteiger partial charge on any atom is 0.326 e. The maximum absolute atomic E-state index is 10.7. The third kappa shape index (κ3) is 6.48. The molecule has 1 atom stereocenters. The van der Waals surface area contributed by atoms with Crippen LogP contribution >= 0.6 is 12.2 Å². The summed E-state index contributed by atoms with van der Waals surface area (Å²) in [5.74, 6) is -0.860. The molecule has 0 amide bonds. The lowest BCUT2D eigenvalue weighted by molar-refractivity contribution is -0.139. The van der Waals surface area contributed by atoms with Crippen LogP contribution in [0.4, 0.5) is 0 Å². The number of unbranched alkanes of at least 4 members (excludes halogenated alkanes) is 1. The minimum atomic E-state index is -0.860. The normalized spacial score (nSPS) is 12.2. The number of carbonyl (C=O) groups is 1. The molecule has 0 aliphatic heterocycles. The zero-order valence-corrected chi connectivity index (χ0v) is 8.56. The van der Waals surface area contributed by atoms with Gasteiger partial charge in [0.2, 0.25) is 0 Å². The van der Waals surface area contributed by atoms with Crippen molar-refractivity contribution < 1.29 is 9.90 Å². The Morgan fingerprint density at radius 3 is 2.62 bits per heavy atom. The predicted octanol–water partition coefficient (Wildman–Crippen LogP) is 0.506. The largest absolute Gasteiger partial charge is 0.480 e. The highest BCUT2D eigenvalue weighted by atomic mass is 32.1. The third-order valence-corrected chi connectivity index (χ3v) is 1.74. The Bertz CT molecular complexity index is 185. The van der Waals surface area contributed by atoms with Gasteiger partial charge in [0, 0.05) is 0 Å². The fourth-order valence-corrected chi connectivity index (χ4v) is 1.14. The van der Waals surface area contributed by atoms with Gasteiger partial charge in [0.05, 0.1) is 4.99 Å². The van der Waals surface area contributed by atoms with Gasteiger partial charge < -0.3 is 16.2 Å². The van der Waals surface area contributed by atoms with Crippen molar-refractivity contribution in [2.45, 2.75) is 32.2 Å². The van der Waals surface area contributed by atoms with Crippen molar-refractivity contribution in [3.05, 3.63) is 0 Å². The minimum absolute atomic E-state index is 0.514. The fourth-order valence-electron chi connectivity index (χ4n) is 0.996. The first-order valence-corrected chi connectivity index (χ1v) is 4.68. The Hall–Kier alpha value is -0.680. The molecule has 0 spiro atoms. The summed E-state index contributed by atoms with van der Waals surface area (Å²) in [7, 11) is 0. The molecule has 5 heteroatoms. The van der Waals surface area contributed by atoms with E-state index in [9.17, 15) is 4.79 Å². The molecule has 4 N–H and O–H groups in total. The van der Waals surface area contributed by atoms with Gasteiger partial charge in [-0.3, -0.25) is 0 Å². The van der Waals surface area contributed by atoms with Gasteiger partial charge in [-0.05, 0) is 32.7 Å². The fraction of sp³-hybridized carbons (Fsp3) is 0.750. The Balaban J connectivity index is 3.81. The zero-order valence-electron chi connectivity index (χ0n) is 7.75. The van der Waals surface area contributed by atoms with Gasteiger partial charge in [-0.1, -0.05) is 12.2 Å². The highest BCUT2D eigenvalue weighted by Crippen LogP contribution is 2.00. The van der Waals surface area contributed by atoms with E-state index in [-0.39, 0.29) is 0 Å². The highest BCUT2D eigenvalue weighted by molar-refractivity contribution is 7.80. The predicted molar refractivity (Wildman–Crippen MR) is 55.7 cm³/mol. The van der Waals surface area contributed by atoms with Crippen LogP contribution in [0.2, 0.25) is 0 Å². The van der Waals surface area contributed by atoms with Gasteiger partial charge in [0.1, 0.15) is 6.04 Å². The Morgan fingerprint density at radius 1 is 1.62 bits per heavy atom. The standard InChI is InChI=1S/C8H16N2O2S/c1-6(13)10-7(8(11)12)4-2-3-5-9/h7H,2-5,9H2,1H3,(H,10,13)(H,11,12)/t7-/m0/s1. The number of carboxylic acid groups (broad SMARTS) is 1. The van der Waals surface area contributed by atoms with Gasteiger partial charge in [-0.2, -0.15) is 0 Å². The number of aliphatic carboxylic acids is 1. The molecule has 0 aromatic heterocycles. The average molecular weight is 204 g/mol. The van der Waals surface area contributed by atoms with Crippen molar-refractivity contribution in [1.29, 1.82) is 0 Å². The summed E-state index contributed by atoms with van der Waals surface area (Å²) >= 11 is 4.77. The van der Waals surface area contributed by atoms with Crippen molar-refractivity contribution in [2.24, 2.45) is 5.73 Å². The van der Waals surface area contributed by atoms with Crippen LogP contribution < -0.4 is 11.1 Å². The van der Waals surface area contributed by atoms with E-state index in [2.05, 4.69) is 5.32 Å². The molecule has 0 heterocycles. The van der Waals surface area contributed by atoms with Gasteiger partial charge >= 0.3 is 5.97 Å². The number of carboxylic acids is 1. The molecule has 76 valence electrons. The number of nitrogens with one attached hydrogen (secondary N) is 1. The second-order valence-corrected chi connectivity index (χ2v) is 3.49. The smallest absolute Gasteiger partial charge is 0.326 e. The van der Waals surface area contributed by atoms with Crippen LogP contribution in [0.5, 0.6) is 0 Å². The Morgan fingerprint density at radius 2 is 2.23 bits per heavy atom.